The summed E-state index contributed by atoms with van der Waals surface area (Å²) in [5.74, 6) is -0.312. The fourth-order valence-electron chi connectivity index (χ4n) is 0.459. The highest BCUT2D eigenvalue weighted by Gasteiger charge is 2.10. The Morgan fingerprint density at radius 1 is 1.89 bits per heavy atom. The van der Waals surface area contributed by atoms with Gasteiger partial charge in [0.05, 0.1) is 7.11 Å². The van der Waals surface area contributed by atoms with Gasteiger partial charge in [0.25, 0.3) is 0 Å². The van der Waals surface area contributed by atoms with Crippen molar-refractivity contribution >= 4 is 5.97 Å². The first kappa shape index (κ1) is 8.17. The van der Waals surface area contributed by atoms with E-state index in [9.17, 15) is 4.79 Å². The van der Waals surface area contributed by atoms with E-state index in [4.69, 9.17) is 0 Å². The molecule has 0 unspecified atom stereocenters. The van der Waals surface area contributed by atoms with E-state index in [1.807, 2.05) is 0 Å². The van der Waals surface area contributed by atoms with Crippen LogP contribution in [0.15, 0.2) is 12.7 Å². The fourth-order valence-corrected chi connectivity index (χ4v) is 0.459. The van der Waals surface area contributed by atoms with Crippen LogP contribution in [0.1, 0.15) is 0 Å². The van der Waals surface area contributed by atoms with Crippen molar-refractivity contribution in [3.63, 3.8) is 0 Å². The molecule has 0 fully saturated rings. The van der Waals surface area contributed by atoms with Crippen LogP contribution in [-0.4, -0.2) is 26.2 Å². The second-order valence-electron chi connectivity index (χ2n) is 1.53. The summed E-state index contributed by atoms with van der Waals surface area (Å²) in [6, 6.07) is -0.380. The summed E-state index contributed by atoms with van der Waals surface area (Å²) in [5.41, 5.74) is 0. The molecule has 3 nitrogen and oxygen atoms in total. The van der Waals surface area contributed by atoms with Crippen molar-refractivity contribution in [1.82, 2.24) is 5.32 Å². The molecule has 0 aromatic rings. The van der Waals surface area contributed by atoms with Crippen LogP contribution in [0.25, 0.3) is 0 Å². The van der Waals surface area contributed by atoms with Crippen LogP contribution in [0.5, 0.6) is 0 Å². The van der Waals surface area contributed by atoms with Gasteiger partial charge in [0.15, 0.2) is 0 Å². The third-order valence-electron chi connectivity index (χ3n) is 1.00. The van der Waals surface area contributed by atoms with Crippen molar-refractivity contribution in [2.24, 2.45) is 0 Å². The summed E-state index contributed by atoms with van der Waals surface area (Å²) in [5, 5.41) is 2.71. The maximum Gasteiger partial charge on any atom is 0.326 e. The zero-order chi connectivity index (χ0) is 7.28. The third kappa shape index (κ3) is 2.28. The molecule has 9 heavy (non-hydrogen) atoms. The molecule has 0 heterocycles. The summed E-state index contributed by atoms with van der Waals surface area (Å²) in [4.78, 5) is 10.6. The van der Waals surface area contributed by atoms with Gasteiger partial charge in [-0.15, -0.1) is 6.58 Å². The van der Waals surface area contributed by atoms with E-state index in [1.165, 1.54) is 13.2 Å². The number of rotatable bonds is 3. The molecule has 3 heteroatoms. The van der Waals surface area contributed by atoms with Crippen LogP contribution in [0.2, 0.25) is 0 Å². The van der Waals surface area contributed by atoms with Crippen LogP contribution in [0.4, 0.5) is 0 Å². The highest BCUT2D eigenvalue weighted by Crippen LogP contribution is 1.85. The Bertz CT molecular complexity index is 112. The molecule has 0 radical (unpaired) electrons. The number of ether oxygens (including phenoxy) is 1. The number of likely N-dealkylation sites (N-methyl/N-ethyl adjacent to an activating group) is 1. The Hall–Kier alpha value is -0.830. The maximum atomic E-state index is 10.6. The third-order valence-corrected chi connectivity index (χ3v) is 1.00. The first-order valence-corrected chi connectivity index (χ1v) is 2.64. The molecule has 52 valence electrons. The van der Waals surface area contributed by atoms with Gasteiger partial charge in [-0.2, -0.15) is 0 Å². The smallest absolute Gasteiger partial charge is 0.326 e. The minimum absolute atomic E-state index is 0.312. The van der Waals surface area contributed by atoms with Crippen LogP contribution in [-0.2, 0) is 9.53 Å². The van der Waals surface area contributed by atoms with Crippen molar-refractivity contribution in [3.05, 3.63) is 12.7 Å². The fraction of sp³-hybridized carbons (Fsp3) is 0.500. The quantitative estimate of drug-likeness (QED) is 0.428. The van der Waals surface area contributed by atoms with Gasteiger partial charge in [-0.1, -0.05) is 6.08 Å². The molecule has 0 rings (SSSR count). The first-order valence-electron chi connectivity index (χ1n) is 2.64. The average molecular weight is 129 g/mol. The lowest BCUT2D eigenvalue weighted by Gasteiger charge is -2.06. The first-order chi connectivity index (χ1) is 4.26. The lowest BCUT2D eigenvalue weighted by molar-refractivity contribution is -0.141. The maximum absolute atomic E-state index is 10.6. The minimum atomic E-state index is -0.380. The van der Waals surface area contributed by atoms with Gasteiger partial charge < -0.3 is 10.1 Å². The predicted octanol–water partition coefficient (Wildman–Crippen LogP) is -0.0666. The van der Waals surface area contributed by atoms with E-state index in [1.54, 1.807) is 7.05 Å². The van der Waals surface area contributed by atoms with E-state index in [2.05, 4.69) is 16.6 Å². The van der Waals surface area contributed by atoms with Gasteiger partial charge in [0, 0.05) is 0 Å². The number of nitrogens with one attached hydrogen (secondary N) is 1. The van der Waals surface area contributed by atoms with Crippen LogP contribution < -0.4 is 5.32 Å². The Labute approximate surface area is 54.7 Å². The summed E-state index contributed by atoms with van der Waals surface area (Å²) >= 11 is 0. The number of carbonyl (C=O) groups excluding carboxylic acids is 1. The minimum Gasteiger partial charge on any atom is -0.468 e. The summed E-state index contributed by atoms with van der Waals surface area (Å²) in [7, 11) is 3.01. The molecule has 0 saturated heterocycles. The standard InChI is InChI=1S/C6H11NO2/c1-4-5(7-2)6(8)9-3/h4-5,7H,1H2,2-3H3/t5-/m1/s1. The molecule has 1 N–H and O–H groups in total. The predicted molar refractivity (Wildman–Crippen MR) is 35.1 cm³/mol. The van der Waals surface area contributed by atoms with E-state index >= 15 is 0 Å². The monoisotopic (exact) mass is 129 g/mol. The topological polar surface area (TPSA) is 38.3 Å². The molecule has 0 aromatic heterocycles. The van der Waals surface area contributed by atoms with Gasteiger partial charge in [-0.25, -0.2) is 0 Å². The van der Waals surface area contributed by atoms with E-state index in [-0.39, 0.29) is 12.0 Å². The molecule has 0 saturated carbocycles. The molecular weight excluding hydrogens is 118 g/mol. The van der Waals surface area contributed by atoms with Crippen molar-refractivity contribution in [3.8, 4) is 0 Å². The number of methoxy groups -OCH3 is 1. The lowest BCUT2D eigenvalue weighted by Crippen LogP contribution is -2.32. The number of hydrogen-bond acceptors (Lipinski definition) is 3. The molecule has 1 atom stereocenters. The van der Waals surface area contributed by atoms with Crippen LogP contribution in [0, 0.1) is 0 Å². The van der Waals surface area contributed by atoms with E-state index < -0.39 is 0 Å². The van der Waals surface area contributed by atoms with Crippen LogP contribution >= 0.6 is 0 Å². The normalized spacial score (nSPS) is 12.2. The second-order valence-corrected chi connectivity index (χ2v) is 1.53. The van der Waals surface area contributed by atoms with Gasteiger partial charge in [0.1, 0.15) is 6.04 Å². The van der Waals surface area contributed by atoms with Gasteiger partial charge in [-0.3, -0.25) is 4.79 Å². The van der Waals surface area contributed by atoms with Gasteiger partial charge in [-0.05, 0) is 7.05 Å². The number of carbonyl (C=O) groups is 1. The molecular formula is C6H11NO2. The number of hydrogen-bond donors (Lipinski definition) is 1. The Morgan fingerprint density at radius 3 is 2.56 bits per heavy atom. The Kier molecular flexibility index (Phi) is 3.71. The molecule has 0 spiro atoms. The largest absolute Gasteiger partial charge is 0.468 e. The van der Waals surface area contributed by atoms with E-state index in [0.29, 0.717) is 0 Å². The Morgan fingerprint density at radius 2 is 2.44 bits per heavy atom. The van der Waals surface area contributed by atoms with Crippen molar-refractivity contribution in [2.45, 2.75) is 6.04 Å². The van der Waals surface area contributed by atoms with E-state index in [0.717, 1.165) is 0 Å². The van der Waals surface area contributed by atoms with Crippen LogP contribution in [0.3, 0.4) is 0 Å². The molecule has 0 aliphatic rings. The zero-order valence-corrected chi connectivity index (χ0v) is 5.68. The number of esters is 1. The zero-order valence-electron chi connectivity index (χ0n) is 5.68. The summed E-state index contributed by atoms with van der Waals surface area (Å²) in [6.45, 7) is 3.44. The van der Waals surface area contributed by atoms with Gasteiger partial charge >= 0.3 is 5.97 Å². The molecule has 0 aliphatic carbocycles. The highest BCUT2D eigenvalue weighted by atomic mass is 16.5. The summed E-state index contributed by atoms with van der Waals surface area (Å²) in [6.07, 6.45) is 1.49. The van der Waals surface area contributed by atoms with Crippen molar-refractivity contribution in [2.75, 3.05) is 14.2 Å². The summed E-state index contributed by atoms with van der Waals surface area (Å²) < 4.78 is 4.42. The molecule has 0 bridgehead atoms. The van der Waals surface area contributed by atoms with Gasteiger partial charge in [0.2, 0.25) is 0 Å². The van der Waals surface area contributed by atoms with Crippen molar-refractivity contribution < 1.29 is 9.53 Å². The Balaban J connectivity index is 3.78. The molecule has 0 aliphatic heterocycles. The average Bonchev–Trinajstić information content (AvgIpc) is 1.90. The molecule has 0 aromatic carbocycles. The lowest BCUT2D eigenvalue weighted by atomic mass is 10.3. The molecule has 0 amide bonds. The van der Waals surface area contributed by atoms with Crippen molar-refractivity contribution in [1.29, 1.82) is 0 Å². The SMILES string of the molecule is C=C[C@@H](NC)C(=O)OC. The second kappa shape index (κ2) is 4.09. The highest BCUT2D eigenvalue weighted by molar-refractivity contribution is 5.77.